The van der Waals surface area contributed by atoms with Crippen LogP contribution in [0.5, 0.6) is 5.75 Å². The quantitative estimate of drug-likeness (QED) is 0.707. The monoisotopic (exact) mass is 281 g/mol. The first kappa shape index (κ1) is 17.0. The molecule has 0 aliphatic heterocycles. The van der Waals surface area contributed by atoms with Crippen molar-refractivity contribution in [2.75, 3.05) is 27.4 Å². The fourth-order valence-corrected chi connectivity index (χ4v) is 1.87. The Hall–Kier alpha value is -1.10. The molecule has 1 rings (SSSR count). The van der Waals surface area contributed by atoms with Crippen molar-refractivity contribution in [1.82, 2.24) is 5.32 Å². The van der Waals surface area contributed by atoms with E-state index in [0.717, 1.165) is 11.3 Å². The molecule has 0 aliphatic rings. The molecule has 0 fully saturated rings. The molecular weight excluding hydrogens is 254 g/mol. The highest BCUT2D eigenvalue weighted by molar-refractivity contribution is 5.38. The molecule has 20 heavy (non-hydrogen) atoms. The molecule has 114 valence electrons. The zero-order valence-electron chi connectivity index (χ0n) is 13.2. The van der Waals surface area contributed by atoms with Crippen LogP contribution < -0.4 is 10.1 Å². The molecule has 0 heterocycles. The largest absolute Gasteiger partial charge is 0.496 e. The topological polar surface area (TPSA) is 39.7 Å². The van der Waals surface area contributed by atoms with E-state index in [9.17, 15) is 0 Å². The third kappa shape index (κ3) is 5.49. The zero-order valence-corrected chi connectivity index (χ0v) is 13.2. The zero-order chi connectivity index (χ0) is 15.0. The molecule has 1 atom stereocenters. The van der Waals surface area contributed by atoms with Crippen molar-refractivity contribution >= 4 is 0 Å². The Balaban J connectivity index is 2.57. The molecule has 4 heteroatoms. The summed E-state index contributed by atoms with van der Waals surface area (Å²) >= 11 is 0. The predicted octanol–water partition coefficient (Wildman–Crippen LogP) is 2.92. The van der Waals surface area contributed by atoms with Gasteiger partial charge in [-0.1, -0.05) is 6.07 Å². The number of nitrogens with one attached hydrogen (secondary N) is 1. The van der Waals surface area contributed by atoms with Crippen molar-refractivity contribution < 1.29 is 14.2 Å². The lowest BCUT2D eigenvalue weighted by Gasteiger charge is -2.15. The Morgan fingerprint density at radius 1 is 1.15 bits per heavy atom. The van der Waals surface area contributed by atoms with Crippen LogP contribution in [0, 0.1) is 0 Å². The Morgan fingerprint density at radius 3 is 2.50 bits per heavy atom. The molecule has 0 radical (unpaired) electrons. The lowest BCUT2D eigenvalue weighted by molar-refractivity contribution is 0.0139. The number of rotatable bonds is 9. The van der Waals surface area contributed by atoms with Crippen LogP contribution in [0.25, 0.3) is 0 Å². The van der Waals surface area contributed by atoms with E-state index in [-0.39, 0.29) is 6.10 Å². The highest BCUT2D eigenvalue weighted by Crippen LogP contribution is 2.23. The Morgan fingerprint density at radius 2 is 1.90 bits per heavy atom. The Bertz CT molecular complexity index is 393. The fourth-order valence-electron chi connectivity index (χ4n) is 1.87. The van der Waals surface area contributed by atoms with Crippen LogP contribution in [0.1, 0.15) is 37.9 Å². The minimum absolute atomic E-state index is 0.243. The number of methoxy groups -OCH3 is 1. The van der Waals surface area contributed by atoms with E-state index in [4.69, 9.17) is 14.2 Å². The lowest BCUT2D eigenvalue weighted by atomic mass is 10.0. The van der Waals surface area contributed by atoms with Crippen molar-refractivity contribution in [3.05, 3.63) is 29.3 Å². The second kappa shape index (κ2) is 8.95. The highest BCUT2D eigenvalue weighted by atomic mass is 16.5. The molecule has 1 N–H and O–H groups in total. The van der Waals surface area contributed by atoms with Gasteiger partial charge < -0.3 is 19.5 Å². The van der Waals surface area contributed by atoms with E-state index >= 15 is 0 Å². The summed E-state index contributed by atoms with van der Waals surface area (Å²) in [6.45, 7) is 7.91. The van der Waals surface area contributed by atoms with Gasteiger partial charge in [0.15, 0.2) is 0 Å². The maximum Gasteiger partial charge on any atom is 0.124 e. The summed E-state index contributed by atoms with van der Waals surface area (Å²) < 4.78 is 16.5. The van der Waals surface area contributed by atoms with Crippen LogP contribution in [0.15, 0.2) is 18.2 Å². The fraction of sp³-hybridized carbons (Fsp3) is 0.625. The van der Waals surface area contributed by atoms with Gasteiger partial charge in [0.05, 0.1) is 33.0 Å². The summed E-state index contributed by atoms with van der Waals surface area (Å²) in [5, 5.41) is 3.23. The van der Waals surface area contributed by atoms with E-state index in [1.807, 2.05) is 27.0 Å². The first-order valence-electron chi connectivity index (χ1n) is 7.12. The van der Waals surface area contributed by atoms with Gasteiger partial charge in [-0.05, 0) is 45.5 Å². The van der Waals surface area contributed by atoms with Gasteiger partial charge >= 0.3 is 0 Å². The van der Waals surface area contributed by atoms with Crippen molar-refractivity contribution in [1.29, 1.82) is 0 Å². The van der Waals surface area contributed by atoms with Crippen molar-refractivity contribution in [3.8, 4) is 5.75 Å². The van der Waals surface area contributed by atoms with Crippen LogP contribution in [-0.2, 0) is 16.1 Å². The first-order valence-corrected chi connectivity index (χ1v) is 7.12. The van der Waals surface area contributed by atoms with Crippen LogP contribution in [0.4, 0.5) is 0 Å². The molecule has 0 saturated carbocycles. The molecule has 1 unspecified atom stereocenters. The molecule has 0 saturated heterocycles. The summed E-state index contributed by atoms with van der Waals surface area (Å²) in [6.07, 6.45) is 0.243. The number of hydrogen-bond donors (Lipinski definition) is 1. The first-order chi connectivity index (χ1) is 9.58. The number of benzene rings is 1. The van der Waals surface area contributed by atoms with Crippen LogP contribution in [-0.4, -0.2) is 33.5 Å². The van der Waals surface area contributed by atoms with Gasteiger partial charge in [-0.15, -0.1) is 0 Å². The van der Waals surface area contributed by atoms with E-state index in [1.165, 1.54) is 5.56 Å². The third-order valence-corrected chi connectivity index (χ3v) is 3.17. The summed E-state index contributed by atoms with van der Waals surface area (Å²) in [6, 6.07) is 6.50. The maximum atomic E-state index is 5.66. The smallest absolute Gasteiger partial charge is 0.124 e. The number of hydrogen-bond acceptors (Lipinski definition) is 4. The van der Waals surface area contributed by atoms with Gasteiger partial charge in [0.25, 0.3) is 0 Å². The minimum Gasteiger partial charge on any atom is -0.496 e. The average molecular weight is 281 g/mol. The summed E-state index contributed by atoms with van der Waals surface area (Å²) in [7, 11) is 3.64. The molecule has 1 aromatic rings. The van der Waals surface area contributed by atoms with Crippen LogP contribution >= 0.6 is 0 Å². The molecule has 1 aromatic carbocycles. The summed E-state index contributed by atoms with van der Waals surface area (Å²) in [5.74, 6) is 0.863. The second-order valence-corrected chi connectivity index (χ2v) is 5.05. The average Bonchev–Trinajstić information content (AvgIpc) is 2.45. The van der Waals surface area contributed by atoms with E-state index in [1.54, 1.807) is 7.11 Å². The summed E-state index contributed by atoms with van der Waals surface area (Å²) in [4.78, 5) is 0. The van der Waals surface area contributed by atoms with Gasteiger partial charge in [-0.25, -0.2) is 0 Å². The van der Waals surface area contributed by atoms with Crippen molar-refractivity contribution in [2.24, 2.45) is 0 Å². The van der Waals surface area contributed by atoms with Crippen LogP contribution in [0.2, 0.25) is 0 Å². The molecule has 0 aromatic heterocycles. The Kier molecular flexibility index (Phi) is 7.59. The van der Waals surface area contributed by atoms with Crippen molar-refractivity contribution in [2.45, 2.75) is 39.5 Å². The molecule has 0 amide bonds. The van der Waals surface area contributed by atoms with Gasteiger partial charge in [-0.3, -0.25) is 0 Å². The van der Waals surface area contributed by atoms with E-state index < -0.39 is 0 Å². The lowest BCUT2D eigenvalue weighted by Crippen LogP contribution is -2.13. The van der Waals surface area contributed by atoms with Gasteiger partial charge in [0, 0.05) is 11.6 Å². The molecule has 0 spiro atoms. The Labute approximate surface area is 122 Å². The normalized spacial score (nSPS) is 12.7. The third-order valence-electron chi connectivity index (χ3n) is 3.17. The standard InChI is InChI=1S/C16H27NO3/c1-12(2)20-9-8-19-11-15-10-14(13(3)17-4)6-7-16(15)18-5/h6-7,10,12-13,17H,8-9,11H2,1-5H3. The van der Waals surface area contributed by atoms with Gasteiger partial charge in [-0.2, -0.15) is 0 Å². The highest BCUT2D eigenvalue weighted by Gasteiger charge is 2.08. The molecule has 0 aliphatic carbocycles. The SMILES string of the molecule is CNC(C)c1ccc(OC)c(COCCOC(C)C)c1. The van der Waals surface area contributed by atoms with E-state index in [0.29, 0.717) is 25.9 Å². The van der Waals surface area contributed by atoms with Gasteiger partial charge in [0.1, 0.15) is 5.75 Å². The van der Waals surface area contributed by atoms with E-state index in [2.05, 4.69) is 24.4 Å². The second-order valence-electron chi connectivity index (χ2n) is 5.05. The minimum atomic E-state index is 0.243. The molecular formula is C16H27NO3. The van der Waals surface area contributed by atoms with Crippen LogP contribution in [0.3, 0.4) is 0 Å². The maximum absolute atomic E-state index is 5.66. The number of ether oxygens (including phenoxy) is 3. The summed E-state index contributed by atoms with van der Waals surface area (Å²) in [5.41, 5.74) is 2.29. The molecule has 0 bridgehead atoms. The predicted molar refractivity (Wildman–Crippen MR) is 81.2 cm³/mol. The molecule has 4 nitrogen and oxygen atoms in total. The van der Waals surface area contributed by atoms with Gasteiger partial charge in [0.2, 0.25) is 0 Å². The van der Waals surface area contributed by atoms with Crippen molar-refractivity contribution in [3.63, 3.8) is 0 Å².